The van der Waals surface area contributed by atoms with Gasteiger partial charge in [-0.2, -0.15) is 0 Å². The number of nitrogens with zero attached hydrogens (tertiary/aromatic N) is 1. The Morgan fingerprint density at radius 1 is 1.07 bits per heavy atom. The van der Waals surface area contributed by atoms with Crippen LogP contribution in [-0.2, 0) is 32.2 Å². The molecule has 3 N–H and O–H groups in total. The second-order valence-corrected chi connectivity index (χ2v) is 11.8. The van der Waals surface area contributed by atoms with Gasteiger partial charge in [-0.15, -0.1) is 11.3 Å². The van der Waals surface area contributed by atoms with Crippen molar-refractivity contribution in [2.24, 2.45) is 0 Å². The number of aromatic nitrogens is 2. The van der Waals surface area contributed by atoms with Crippen molar-refractivity contribution in [2.75, 3.05) is 18.9 Å². The van der Waals surface area contributed by atoms with Crippen LogP contribution in [0.4, 0.5) is 5.95 Å². The number of allylic oxidation sites excluding steroid dienone is 3. The van der Waals surface area contributed by atoms with Crippen LogP contribution in [-0.4, -0.2) is 41.0 Å². The maximum Gasteiger partial charge on any atom is 0.261 e. The second kappa shape index (κ2) is 12.7. The molecule has 0 bridgehead atoms. The largest absolute Gasteiger partial charge is 0.374 e. The van der Waals surface area contributed by atoms with E-state index >= 15 is 0 Å². The normalized spacial score (nSPS) is 23.8. The first-order valence-corrected chi connectivity index (χ1v) is 15.1. The molecule has 9 heteroatoms. The Morgan fingerprint density at radius 2 is 1.81 bits per heavy atom. The van der Waals surface area contributed by atoms with Crippen molar-refractivity contribution >= 4 is 28.2 Å². The Balaban J connectivity index is 1.35. The first-order valence-electron chi connectivity index (χ1n) is 14.2. The van der Waals surface area contributed by atoms with E-state index in [-0.39, 0.29) is 11.5 Å². The minimum absolute atomic E-state index is 0.0616. The number of nitrogen functional groups attached to an aromatic ring is 1. The molecule has 0 unspecified atom stereocenters. The van der Waals surface area contributed by atoms with Gasteiger partial charge in [-0.1, -0.05) is 78.9 Å². The van der Waals surface area contributed by atoms with E-state index in [0.717, 1.165) is 28.8 Å². The van der Waals surface area contributed by atoms with Crippen LogP contribution in [0.2, 0.25) is 0 Å². The van der Waals surface area contributed by atoms with Gasteiger partial charge in [0.2, 0.25) is 5.95 Å². The third-order valence-electron chi connectivity index (χ3n) is 7.82. The van der Waals surface area contributed by atoms with E-state index < -0.39 is 23.9 Å². The highest BCUT2D eigenvalue weighted by Gasteiger charge is 2.57. The number of ether oxygens (including phenoxy) is 4. The first kappa shape index (κ1) is 28.5. The molecule has 0 spiro atoms. The van der Waals surface area contributed by atoms with E-state index in [1.54, 1.807) is 5.38 Å². The maximum atomic E-state index is 12.7. The highest BCUT2D eigenvalue weighted by Crippen LogP contribution is 2.49. The lowest BCUT2D eigenvalue weighted by molar-refractivity contribution is -0.135. The molecule has 42 heavy (non-hydrogen) atoms. The Labute approximate surface area is 248 Å². The summed E-state index contributed by atoms with van der Waals surface area (Å²) in [6.45, 7) is 3.60. The van der Waals surface area contributed by atoms with Crippen molar-refractivity contribution in [1.82, 2.24) is 9.97 Å². The van der Waals surface area contributed by atoms with Crippen molar-refractivity contribution < 1.29 is 18.9 Å². The minimum atomic E-state index is -0.922. The lowest BCUT2D eigenvalue weighted by Gasteiger charge is -2.35. The molecule has 0 radical (unpaired) electrons. The van der Waals surface area contributed by atoms with E-state index in [9.17, 15) is 4.79 Å². The van der Waals surface area contributed by atoms with Crippen molar-refractivity contribution in [1.29, 1.82) is 0 Å². The third kappa shape index (κ3) is 6.11. The lowest BCUT2D eigenvalue weighted by atomic mass is 9.90. The molecule has 8 nitrogen and oxygen atoms in total. The topological polar surface area (TPSA) is 109 Å². The molecule has 2 aromatic carbocycles. The first-order chi connectivity index (χ1) is 20.5. The molecule has 218 valence electrons. The smallest absolute Gasteiger partial charge is 0.261 e. The predicted octanol–water partition coefficient (Wildman–Crippen LogP) is 5.86. The van der Waals surface area contributed by atoms with Gasteiger partial charge in [-0.05, 0) is 36.5 Å². The van der Waals surface area contributed by atoms with Crippen molar-refractivity contribution in [3.8, 4) is 0 Å². The van der Waals surface area contributed by atoms with Crippen molar-refractivity contribution in [2.45, 2.75) is 56.9 Å². The average Bonchev–Trinajstić information content (AvgIpc) is 3.55. The van der Waals surface area contributed by atoms with Gasteiger partial charge in [-0.3, -0.25) is 9.78 Å². The summed E-state index contributed by atoms with van der Waals surface area (Å²) in [5.74, 6) is 0.0616. The highest BCUT2D eigenvalue weighted by molar-refractivity contribution is 7.11. The van der Waals surface area contributed by atoms with Gasteiger partial charge in [0.15, 0.2) is 0 Å². The molecule has 4 atom stereocenters. The van der Waals surface area contributed by atoms with Gasteiger partial charge in [0.1, 0.15) is 23.9 Å². The number of anilines is 1. The number of benzene rings is 2. The van der Waals surface area contributed by atoms with Crippen LogP contribution >= 0.6 is 11.3 Å². The van der Waals surface area contributed by atoms with Crippen LogP contribution in [0.15, 0.2) is 94.6 Å². The van der Waals surface area contributed by atoms with Crippen molar-refractivity contribution in [3.63, 3.8) is 0 Å². The molecule has 6 rings (SSSR count). The quantitative estimate of drug-likeness (QED) is 0.227. The van der Waals surface area contributed by atoms with E-state index in [2.05, 4.69) is 28.2 Å². The van der Waals surface area contributed by atoms with Gasteiger partial charge in [0.05, 0.1) is 42.2 Å². The number of hydrogen-bond donors (Lipinski definition) is 2. The number of nitrogens with one attached hydrogen (secondary N) is 1. The SMILES string of the molecule is C[C@@]1(OCC2=CC=CCC2)[C@H](OCc2ccccc2)[C@@H](COCc2ccccc2)O[C@H]1c1scc2c(=O)[nH]c(N)nc12. The Kier molecular flexibility index (Phi) is 8.64. The van der Waals surface area contributed by atoms with Crippen LogP contribution in [0.5, 0.6) is 0 Å². The number of H-pyrrole nitrogens is 1. The molecule has 1 fully saturated rings. The standard InChI is InChI=1S/C33H35N3O5S/c1-33(40-19-24-15-9-4-10-16-24)29(39-18-23-13-7-3-8-14-23)26(20-38-17-22-11-5-2-6-12-22)41-30(33)28-27-25(21-42-28)31(37)36-32(34)35-27/h2-9,11-15,21,26,29-30H,10,16-20H2,1H3,(H3,34,35,36,37)/t26-,29-,30+,33-/m1/s1. The molecule has 0 saturated carbocycles. The summed E-state index contributed by atoms with van der Waals surface area (Å²) in [5.41, 5.74) is 8.63. The minimum Gasteiger partial charge on any atom is -0.374 e. The zero-order valence-corrected chi connectivity index (χ0v) is 24.3. The van der Waals surface area contributed by atoms with E-state index in [1.165, 1.54) is 16.9 Å². The van der Waals surface area contributed by atoms with Gasteiger partial charge in [0.25, 0.3) is 5.56 Å². The number of rotatable bonds is 11. The fourth-order valence-electron chi connectivity index (χ4n) is 5.59. The van der Waals surface area contributed by atoms with Gasteiger partial charge in [0, 0.05) is 5.38 Å². The number of nitrogens with two attached hydrogens (primary N) is 1. The summed E-state index contributed by atoms with van der Waals surface area (Å²) in [4.78, 5) is 20.6. The zero-order chi connectivity index (χ0) is 28.9. The average molecular weight is 586 g/mol. The predicted molar refractivity (Wildman–Crippen MR) is 164 cm³/mol. The summed E-state index contributed by atoms with van der Waals surface area (Å²) < 4.78 is 26.5. The Hall–Kier alpha value is -3.60. The summed E-state index contributed by atoms with van der Waals surface area (Å²) in [6, 6.07) is 20.1. The van der Waals surface area contributed by atoms with Gasteiger partial charge < -0.3 is 24.7 Å². The molecule has 2 aliphatic rings. The molecule has 1 saturated heterocycles. The molecule has 3 heterocycles. The van der Waals surface area contributed by atoms with E-state index in [1.807, 2.05) is 67.6 Å². The number of fused-ring (bicyclic) bond motifs is 1. The van der Waals surface area contributed by atoms with Crippen LogP contribution in [0.25, 0.3) is 10.9 Å². The summed E-state index contributed by atoms with van der Waals surface area (Å²) in [5, 5.41) is 2.27. The van der Waals surface area contributed by atoms with Gasteiger partial charge in [-0.25, -0.2) is 4.98 Å². The molecule has 1 aliphatic carbocycles. The van der Waals surface area contributed by atoms with Gasteiger partial charge >= 0.3 is 0 Å². The molecular formula is C33H35N3O5S. The van der Waals surface area contributed by atoms with Crippen LogP contribution in [0, 0.1) is 0 Å². The van der Waals surface area contributed by atoms with Crippen LogP contribution in [0.3, 0.4) is 0 Å². The number of hydrogen-bond acceptors (Lipinski definition) is 8. The second-order valence-electron chi connectivity index (χ2n) is 10.9. The van der Waals surface area contributed by atoms with Crippen molar-refractivity contribution in [3.05, 3.63) is 116 Å². The molecule has 4 aromatic rings. The molecule has 0 amide bonds. The Bertz CT molecular complexity index is 1620. The molecular weight excluding hydrogens is 550 g/mol. The number of thiophene rings is 1. The monoisotopic (exact) mass is 585 g/mol. The Morgan fingerprint density at radius 3 is 2.52 bits per heavy atom. The zero-order valence-electron chi connectivity index (χ0n) is 23.5. The van der Waals surface area contributed by atoms with Crippen LogP contribution in [0.1, 0.15) is 41.9 Å². The fourth-order valence-corrected chi connectivity index (χ4v) is 6.73. The molecule has 2 aromatic heterocycles. The third-order valence-corrected chi connectivity index (χ3v) is 8.83. The number of aromatic amines is 1. The summed E-state index contributed by atoms with van der Waals surface area (Å²) >= 11 is 1.42. The highest BCUT2D eigenvalue weighted by atomic mass is 32.1. The fraction of sp³-hybridized carbons (Fsp3) is 0.333. The van der Waals surface area contributed by atoms with E-state index in [4.69, 9.17) is 24.7 Å². The van der Waals surface area contributed by atoms with Crippen LogP contribution < -0.4 is 11.3 Å². The van der Waals surface area contributed by atoms with E-state index in [0.29, 0.717) is 37.3 Å². The summed E-state index contributed by atoms with van der Waals surface area (Å²) in [7, 11) is 0. The maximum absolute atomic E-state index is 12.7. The summed E-state index contributed by atoms with van der Waals surface area (Å²) in [6.07, 6.45) is 6.77. The molecule has 1 aliphatic heterocycles. The lowest BCUT2D eigenvalue weighted by Crippen LogP contribution is -2.47.